The molecule has 2 heterocycles. The van der Waals surface area contributed by atoms with Crippen molar-refractivity contribution in [2.75, 3.05) is 6.61 Å². The van der Waals surface area contributed by atoms with Gasteiger partial charge in [0.15, 0.2) is 18.7 Å². The summed E-state index contributed by atoms with van der Waals surface area (Å²) >= 11 is 0. The lowest BCUT2D eigenvalue weighted by molar-refractivity contribution is -0.295. The second kappa shape index (κ2) is 19.9. The molecule has 2 fully saturated rings. The van der Waals surface area contributed by atoms with E-state index < -0.39 is 137 Å². The molecule has 0 aromatic heterocycles. The molecule has 13 atom stereocenters. The van der Waals surface area contributed by atoms with Gasteiger partial charge < -0.3 is 69.3 Å². The van der Waals surface area contributed by atoms with Crippen molar-refractivity contribution in [3.63, 3.8) is 0 Å². The van der Waals surface area contributed by atoms with Gasteiger partial charge in [-0.05, 0) is 27.2 Å². The molecule has 0 saturated carbocycles. The fraction of sp³-hybridized carbons (Fsp3) is 0.828. The van der Waals surface area contributed by atoms with Gasteiger partial charge in [0.25, 0.3) is 0 Å². The van der Waals surface area contributed by atoms with Gasteiger partial charge in [0, 0.05) is 13.8 Å². The number of hydrogen-bond donors (Lipinski definition) is 8. The molecule has 2 aliphatic heterocycles. The van der Waals surface area contributed by atoms with Crippen LogP contribution in [-0.4, -0.2) is 146 Å². The summed E-state index contributed by atoms with van der Waals surface area (Å²) in [5, 5.41) is 46.2. The van der Waals surface area contributed by atoms with Gasteiger partial charge in [-0.15, -0.1) is 0 Å². The summed E-state index contributed by atoms with van der Waals surface area (Å²) in [6, 6.07) is -3.13. The largest absolute Gasteiger partial charge is 0.470 e. The highest BCUT2D eigenvalue weighted by Crippen LogP contribution is 2.43. The Kier molecular flexibility index (Phi) is 17.3. The van der Waals surface area contributed by atoms with Crippen molar-refractivity contribution in [1.82, 2.24) is 10.6 Å². The average molecular weight is 761 g/mol. The van der Waals surface area contributed by atoms with Crippen molar-refractivity contribution in [3.8, 4) is 0 Å². The summed E-state index contributed by atoms with van der Waals surface area (Å²) in [6.07, 6.45) is -17.8. The first-order chi connectivity index (χ1) is 23.6. The number of esters is 3. The Morgan fingerprint density at radius 1 is 0.784 bits per heavy atom. The Labute approximate surface area is 293 Å². The number of amides is 2. The van der Waals surface area contributed by atoms with Gasteiger partial charge >= 0.3 is 25.7 Å². The lowest BCUT2D eigenvalue weighted by Crippen LogP contribution is -2.67. The van der Waals surface area contributed by atoms with Crippen LogP contribution in [0, 0.1) is 0 Å². The number of phosphoric acid groups is 1. The average Bonchev–Trinajstić information content (AvgIpc) is 2.96. The summed E-state index contributed by atoms with van der Waals surface area (Å²) in [7, 11) is -5.32. The normalized spacial score (nSPS) is 31.4. The molecule has 21 nitrogen and oxygen atoms in total. The Balaban J connectivity index is 2.42. The van der Waals surface area contributed by atoms with Gasteiger partial charge in [0.1, 0.15) is 48.7 Å². The predicted octanol–water partition coefficient (Wildman–Crippen LogP) is -2.61. The topological polar surface area (TPSA) is 312 Å². The van der Waals surface area contributed by atoms with Crippen molar-refractivity contribution in [3.05, 3.63) is 0 Å². The van der Waals surface area contributed by atoms with E-state index in [-0.39, 0.29) is 12.8 Å². The number of hydrogen-bond acceptors (Lipinski definition) is 17. The lowest BCUT2D eigenvalue weighted by Gasteiger charge is -2.46. The maximum Gasteiger partial charge on any atom is 0.470 e. The van der Waals surface area contributed by atoms with Crippen LogP contribution in [-0.2, 0) is 61.5 Å². The first-order valence-electron chi connectivity index (χ1n) is 16.1. The van der Waals surface area contributed by atoms with E-state index >= 15 is 0 Å². The van der Waals surface area contributed by atoms with E-state index in [0.29, 0.717) is 0 Å². The fourth-order valence-electron chi connectivity index (χ4n) is 5.49. The first-order valence-corrected chi connectivity index (χ1v) is 17.7. The van der Waals surface area contributed by atoms with Gasteiger partial charge in [0.2, 0.25) is 11.8 Å². The Hall–Kier alpha value is -2.82. The zero-order chi connectivity index (χ0) is 38.8. The minimum atomic E-state index is -5.32. The molecule has 4 unspecified atom stereocenters. The van der Waals surface area contributed by atoms with Crippen LogP contribution in [0.25, 0.3) is 0 Å². The molecule has 2 amide bonds. The Morgan fingerprint density at radius 2 is 1.33 bits per heavy atom. The molecule has 22 heteroatoms. The highest BCUT2D eigenvalue weighted by Gasteiger charge is 2.53. The van der Waals surface area contributed by atoms with Crippen LogP contribution >= 0.6 is 7.82 Å². The molecule has 51 heavy (non-hydrogen) atoms. The summed E-state index contributed by atoms with van der Waals surface area (Å²) in [6.45, 7) is 7.21. The maximum absolute atomic E-state index is 13.2. The molecular weight excluding hydrogens is 711 g/mol. The molecule has 0 aliphatic carbocycles. The highest BCUT2D eigenvalue weighted by atomic mass is 31.2. The van der Waals surface area contributed by atoms with Crippen LogP contribution in [0.4, 0.5) is 0 Å². The molecule has 0 spiro atoms. The van der Waals surface area contributed by atoms with E-state index in [1.165, 1.54) is 27.7 Å². The minimum Gasteiger partial charge on any atom is -0.462 e. The van der Waals surface area contributed by atoms with Crippen LogP contribution in [0.2, 0.25) is 0 Å². The van der Waals surface area contributed by atoms with Gasteiger partial charge in [-0.2, -0.15) is 0 Å². The molecule has 0 bridgehead atoms. The summed E-state index contributed by atoms with van der Waals surface area (Å²) in [5.41, 5.74) is 0. The van der Waals surface area contributed by atoms with Gasteiger partial charge in [-0.3, -0.25) is 28.5 Å². The highest BCUT2D eigenvalue weighted by molar-refractivity contribution is 7.46. The summed E-state index contributed by atoms with van der Waals surface area (Å²) in [4.78, 5) is 80.6. The number of aliphatic hydroxyl groups excluding tert-OH is 4. The number of carbonyl (C=O) groups excluding carboxylic acids is 5. The number of ether oxygens (including phenoxy) is 6. The third kappa shape index (κ3) is 14.6. The second-order valence-corrected chi connectivity index (χ2v) is 13.5. The number of rotatable bonds is 17. The standard InChI is InChI=1S/C29H49N2O19P/c1-7-17-26(50-51(41,42)43)27(49-21(37)10-14(4)46-16(6)34)23(31-20(36)9-13(3)45-15(5)33)29(48-17)44-11-18-24(38)25(39)22(28(40)47-18)30-19(35)8-12(2)32/h12-14,17-18,22-29,32,38-40H,7-11H2,1-6H3,(H,30,35)(H,31,36)(H2,41,42,43)/t12-,13-,14-,17?,18?,22?,23?,24-,25-,26-,27-,28+,29-/m1/s1. The molecule has 2 rings (SSSR count). The smallest absolute Gasteiger partial charge is 0.462 e. The third-order valence-corrected chi connectivity index (χ3v) is 8.04. The van der Waals surface area contributed by atoms with E-state index in [1.807, 2.05) is 0 Å². The van der Waals surface area contributed by atoms with Gasteiger partial charge in [-0.1, -0.05) is 6.92 Å². The van der Waals surface area contributed by atoms with Gasteiger partial charge in [-0.25, -0.2) is 4.57 Å². The number of carbonyl (C=O) groups is 5. The number of aliphatic hydroxyl groups is 4. The molecule has 0 aromatic rings. The quantitative estimate of drug-likeness (QED) is 0.0428. The van der Waals surface area contributed by atoms with Gasteiger partial charge in [0.05, 0.1) is 38.1 Å². The molecule has 294 valence electrons. The molecule has 2 aliphatic rings. The molecule has 0 radical (unpaired) electrons. The maximum atomic E-state index is 13.2. The summed E-state index contributed by atoms with van der Waals surface area (Å²) in [5.74, 6) is -4.02. The first kappa shape index (κ1) is 44.3. The third-order valence-electron chi connectivity index (χ3n) is 7.52. The second-order valence-electron chi connectivity index (χ2n) is 12.3. The van der Waals surface area contributed by atoms with E-state index in [4.69, 9.17) is 32.9 Å². The predicted molar refractivity (Wildman–Crippen MR) is 166 cm³/mol. The summed E-state index contributed by atoms with van der Waals surface area (Å²) < 4.78 is 49.7. The number of nitrogens with one attached hydrogen (secondary N) is 2. The molecule has 0 aromatic carbocycles. The van der Waals surface area contributed by atoms with Crippen LogP contribution in [0.15, 0.2) is 0 Å². The van der Waals surface area contributed by atoms with Crippen molar-refractivity contribution in [2.45, 2.75) is 147 Å². The Morgan fingerprint density at radius 3 is 1.86 bits per heavy atom. The fourth-order valence-corrected chi connectivity index (χ4v) is 6.06. The van der Waals surface area contributed by atoms with Crippen molar-refractivity contribution in [1.29, 1.82) is 0 Å². The zero-order valence-corrected chi connectivity index (χ0v) is 29.9. The lowest BCUT2D eigenvalue weighted by atomic mass is 9.94. The molecule has 2 saturated heterocycles. The number of phosphoric ester groups is 1. The van der Waals surface area contributed by atoms with E-state index in [0.717, 1.165) is 13.8 Å². The SMILES string of the molecule is CCC1O[C@@H](OCC2O[C@H](O)C(NC(=O)C[C@@H](C)O)[C@@H](O)[C@@H]2O)C(NC(=O)C[C@@H](C)OC(C)=O)[C@@H](OC(=O)C[C@@H](C)OC(C)=O)[C@@H]1OP(=O)(O)O. The van der Waals surface area contributed by atoms with Crippen LogP contribution in [0.3, 0.4) is 0 Å². The molecule has 8 N–H and O–H groups in total. The van der Waals surface area contributed by atoms with E-state index in [9.17, 15) is 58.8 Å². The van der Waals surface area contributed by atoms with Crippen molar-refractivity contribution in [2.24, 2.45) is 0 Å². The van der Waals surface area contributed by atoms with Crippen molar-refractivity contribution < 1.29 is 91.7 Å². The van der Waals surface area contributed by atoms with Crippen molar-refractivity contribution >= 4 is 37.5 Å². The Bertz CT molecular complexity index is 1250. The van der Waals surface area contributed by atoms with E-state index in [1.54, 1.807) is 0 Å². The minimum absolute atomic E-state index is 0.0274. The van der Waals surface area contributed by atoms with Crippen LogP contribution in [0.1, 0.15) is 67.2 Å². The monoisotopic (exact) mass is 760 g/mol. The zero-order valence-electron chi connectivity index (χ0n) is 29.0. The van der Waals surface area contributed by atoms with Crippen LogP contribution < -0.4 is 10.6 Å². The van der Waals surface area contributed by atoms with Crippen LogP contribution in [0.5, 0.6) is 0 Å². The molecular formula is C29H49N2O19P. The van der Waals surface area contributed by atoms with E-state index in [2.05, 4.69) is 10.6 Å².